The Morgan fingerprint density at radius 2 is 1.06 bits per heavy atom. The highest BCUT2D eigenvalue weighted by Gasteiger charge is 2.35. The fraction of sp³-hybridized carbons (Fsp3) is 0.352. The lowest BCUT2D eigenvalue weighted by molar-refractivity contribution is -0.176. The number of carbonyl (C=O) groups is 5. The second-order valence-electron chi connectivity index (χ2n) is 18.5. The van der Waals surface area contributed by atoms with Crippen LogP contribution in [0.5, 0.6) is 11.5 Å². The molecule has 10 rings (SSSR count). The molecule has 4 aliphatic rings. The maximum absolute atomic E-state index is 14.9. The van der Waals surface area contributed by atoms with Gasteiger partial charge in [-0.3, -0.25) is 44.7 Å². The quantitative estimate of drug-likeness (QED) is 0.0623. The number of carboxylic acid groups (broad SMARTS) is 1. The Morgan fingerprint density at radius 1 is 0.662 bits per heavy atom. The number of halogens is 2. The molecule has 5 N–H and O–H groups in total. The summed E-state index contributed by atoms with van der Waals surface area (Å²) >= 11 is 1.86. The summed E-state index contributed by atoms with van der Waals surface area (Å²) in [5, 5.41) is 26.7. The van der Waals surface area contributed by atoms with Gasteiger partial charge in [-0.05, 0) is 86.6 Å². The number of carboxylic acids is 1. The second kappa shape index (κ2) is 26.7. The van der Waals surface area contributed by atoms with E-state index < -0.39 is 46.0 Å². The molecule has 22 nitrogen and oxygen atoms in total. The number of sulfone groups is 1. The Bertz CT molecular complexity index is 3370. The van der Waals surface area contributed by atoms with Crippen LogP contribution in [0.3, 0.4) is 0 Å². The summed E-state index contributed by atoms with van der Waals surface area (Å²) in [5.41, 5.74) is 5.03. The molecular formula is C54H60F2N8O14S2. The number of thioether (sulfide) groups is 1. The van der Waals surface area contributed by atoms with Gasteiger partial charge in [0.2, 0.25) is 0 Å². The maximum Gasteiger partial charge on any atom is 0.414 e. The monoisotopic (exact) mass is 1150 g/mol. The molecule has 426 valence electrons. The van der Waals surface area contributed by atoms with Gasteiger partial charge in [0.25, 0.3) is 17.8 Å². The number of aryl methyl sites for hydroxylation is 2. The first-order chi connectivity index (χ1) is 38.3. The van der Waals surface area contributed by atoms with E-state index in [0.29, 0.717) is 56.6 Å². The number of hydrogen-bond acceptors (Lipinski definition) is 18. The predicted molar refractivity (Wildman–Crippen MR) is 298 cm³/mol. The van der Waals surface area contributed by atoms with Gasteiger partial charge in [-0.25, -0.2) is 26.8 Å². The molecule has 26 heteroatoms. The van der Waals surface area contributed by atoms with Gasteiger partial charge in [-0.15, -0.1) is 0 Å². The van der Waals surface area contributed by atoms with Crippen molar-refractivity contribution in [1.29, 1.82) is 0 Å². The third kappa shape index (κ3) is 14.8. The van der Waals surface area contributed by atoms with E-state index in [1.807, 2.05) is 40.9 Å². The molecule has 2 atom stereocenters. The first kappa shape index (κ1) is 59.6. The zero-order valence-electron chi connectivity index (χ0n) is 44.3. The van der Waals surface area contributed by atoms with Crippen LogP contribution in [0.15, 0.2) is 84.9 Å². The van der Waals surface area contributed by atoms with Crippen molar-refractivity contribution in [2.75, 3.05) is 109 Å². The van der Waals surface area contributed by atoms with E-state index in [2.05, 4.69) is 20.6 Å². The van der Waals surface area contributed by atoms with E-state index in [1.54, 1.807) is 75.4 Å². The molecule has 6 aromatic rings. The number of ether oxygens (including phenoxy) is 4. The summed E-state index contributed by atoms with van der Waals surface area (Å²) < 4.78 is 74.4. The normalized spacial score (nSPS) is 17.4. The molecule has 4 aliphatic heterocycles. The Labute approximate surface area is 463 Å². The first-order valence-electron chi connectivity index (χ1n) is 25.0. The second-order valence-corrected chi connectivity index (χ2v) is 22.1. The third-order valence-electron chi connectivity index (χ3n) is 13.2. The van der Waals surface area contributed by atoms with Gasteiger partial charge < -0.3 is 44.5 Å². The van der Waals surface area contributed by atoms with E-state index in [1.165, 1.54) is 28.0 Å². The SMILES string of the molecule is CC(=O)O.COc1ccc2cc(C(=O)NC[C@H]3CN(c4ccc(N5CCS(=O)(=O)CC5)c(F)c4)C(=O)O3)c(C)nc2c1.COc1ccc2cc(C(=O)NC[C@H]3CN(c4ccc(N5CCSCC5)c(F)c4)C(=O)O3)c(C)nc2c1.OO. The molecule has 4 saturated heterocycles. The highest BCUT2D eigenvalue weighted by atomic mass is 32.2. The first-order valence-corrected chi connectivity index (χ1v) is 28.0. The van der Waals surface area contributed by atoms with Crippen molar-refractivity contribution in [3.63, 3.8) is 0 Å². The van der Waals surface area contributed by atoms with Crippen LogP contribution < -0.4 is 39.7 Å². The zero-order chi connectivity index (χ0) is 57.8. The lowest BCUT2D eigenvalue weighted by atomic mass is 10.1. The van der Waals surface area contributed by atoms with Crippen molar-refractivity contribution in [2.45, 2.75) is 33.0 Å². The summed E-state index contributed by atoms with van der Waals surface area (Å²) in [4.78, 5) is 75.2. The molecule has 0 aliphatic carbocycles. The van der Waals surface area contributed by atoms with Crippen molar-refractivity contribution < 1.29 is 75.7 Å². The molecular weight excluding hydrogens is 1090 g/mol. The summed E-state index contributed by atoms with van der Waals surface area (Å²) in [6.07, 6.45) is -2.38. The van der Waals surface area contributed by atoms with Crippen LogP contribution in [0.2, 0.25) is 0 Å². The van der Waals surface area contributed by atoms with Crippen LogP contribution in [-0.4, -0.2) is 166 Å². The Balaban J connectivity index is 0.000000211. The fourth-order valence-corrected chi connectivity index (χ4v) is 11.2. The highest BCUT2D eigenvalue weighted by molar-refractivity contribution is 7.99. The number of nitrogens with zero attached hydrogens (tertiary/aromatic N) is 6. The van der Waals surface area contributed by atoms with Gasteiger partial charge in [-0.2, -0.15) is 11.8 Å². The number of carbonyl (C=O) groups excluding carboxylic acids is 4. The van der Waals surface area contributed by atoms with Crippen molar-refractivity contribution in [3.8, 4) is 11.5 Å². The van der Waals surface area contributed by atoms with Crippen LogP contribution >= 0.6 is 11.8 Å². The summed E-state index contributed by atoms with van der Waals surface area (Å²) in [6, 6.07) is 23.6. The number of benzene rings is 4. The average Bonchev–Trinajstić information content (AvgIpc) is 4.02. The highest BCUT2D eigenvalue weighted by Crippen LogP contribution is 2.32. The third-order valence-corrected chi connectivity index (χ3v) is 15.7. The van der Waals surface area contributed by atoms with Gasteiger partial charge in [-0.1, -0.05) is 0 Å². The Morgan fingerprint density at radius 3 is 1.45 bits per heavy atom. The average molecular weight is 1150 g/mol. The van der Waals surface area contributed by atoms with Gasteiger partial charge in [0.05, 0.1) is 108 Å². The van der Waals surface area contributed by atoms with Crippen LogP contribution in [0.25, 0.3) is 21.8 Å². The standard InChI is InChI=1S/C26H27FN4O6S.C26H27FN4O4S.C2H4O2.H2O2/c1-16-21(11-17-3-5-19(36-2)13-23(17)29-16)25(32)28-14-20-15-31(26(33)37-20)18-4-6-24(22(27)12-18)30-7-9-38(34,35)10-8-30;1-16-21(11-17-3-5-19(34-2)13-23(17)29-16)25(32)28-14-20-15-31(26(33)35-20)18-4-6-24(22(27)12-18)30-7-9-36-10-8-30;1-2(3)4;1-2/h3-6,11-13,20H,7-10,14-15H2,1-2H3,(H,28,32);3-6,11-13,20H,7-10,14-15H2,1-2H3,(H,28,32);1H3,(H,3,4);1-2H/t2*20-;;/m00../s1. The van der Waals surface area contributed by atoms with Gasteiger partial charge in [0.1, 0.15) is 35.3 Å². The molecule has 0 bridgehead atoms. The van der Waals surface area contributed by atoms with E-state index >= 15 is 0 Å². The molecule has 0 spiro atoms. The molecule has 0 unspecified atom stereocenters. The summed E-state index contributed by atoms with van der Waals surface area (Å²) in [7, 11) is 0.0769. The minimum Gasteiger partial charge on any atom is -0.497 e. The van der Waals surface area contributed by atoms with Gasteiger partial charge >= 0.3 is 12.2 Å². The largest absolute Gasteiger partial charge is 0.497 e. The smallest absolute Gasteiger partial charge is 0.414 e. The number of aromatic nitrogens is 2. The van der Waals surface area contributed by atoms with Crippen LogP contribution in [-0.2, 0) is 24.1 Å². The topological polar surface area (TPSA) is 280 Å². The molecule has 80 heavy (non-hydrogen) atoms. The van der Waals surface area contributed by atoms with Crippen molar-refractivity contribution in [3.05, 3.63) is 119 Å². The number of pyridine rings is 2. The number of fused-ring (bicyclic) bond motifs is 2. The van der Waals surface area contributed by atoms with Gasteiger partial charge in [0, 0.05) is 67.5 Å². The number of anilines is 4. The Hall–Kier alpha value is -8.07. The number of rotatable bonds is 12. The molecule has 0 radical (unpaired) electrons. The molecule has 4 amide bonds. The van der Waals surface area contributed by atoms with E-state index in [0.717, 1.165) is 47.8 Å². The zero-order valence-corrected chi connectivity index (χ0v) is 45.9. The number of cyclic esters (lactones) is 2. The number of hydrogen-bond donors (Lipinski definition) is 5. The van der Waals surface area contributed by atoms with Crippen LogP contribution in [0.4, 0.5) is 41.1 Å². The van der Waals surface area contributed by atoms with E-state index in [-0.39, 0.29) is 74.1 Å². The molecule has 2 aromatic heterocycles. The van der Waals surface area contributed by atoms with Gasteiger partial charge in [0.15, 0.2) is 9.84 Å². The van der Waals surface area contributed by atoms with E-state index in [9.17, 15) is 36.4 Å². The predicted octanol–water partition coefficient (Wildman–Crippen LogP) is 6.79. The number of methoxy groups -OCH3 is 2. The molecule has 6 heterocycles. The van der Waals surface area contributed by atoms with Crippen LogP contribution in [0, 0.1) is 25.5 Å². The molecule has 4 aromatic carbocycles. The lowest BCUT2D eigenvalue weighted by Gasteiger charge is -2.29. The van der Waals surface area contributed by atoms with Crippen LogP contribution in [0.1, 0.15) is 39.0 Å². The number of amides is 4. The van der Waals surface area contributed by atoms with Crippen molar-refractivity contribution in [1.82, 2.24) is 20.6 Å². The lowest BCUT2D eigenvalue weighted by Crippen LogP contribution is -2.40. The summed E-state index contributed by atoms with van der Waals surface area (Å²) in [5.74, 6) is 0.859. The fourth-order valence-electron chi connectivity index (χ4n) is 9.08. The number of nitrogens with one attached hydrogen (secondary N) is 2. The van der Waals surface area contributed by atoms with Crippen molar-refractivity contribution in [2.24, 2.45) is 0 Å². The molecule has 4 fully saturated rings. The van der Waals surface area contributed by atoms with E-state index in [4.69, 9.17) is 39.4 Å². The maximum atomic E-state index is 14.9. The van der Waals surface area contributed by atoms with Crippen molar-refractivity contribution >= 4 is 96.1 Å². The summed E-state index contributed by atoms with van der Waals surface area (Å²) in [6.45, 7) is 7.18. The minimum absolute atomic E-state index is 0.0242. The Kier molecular flexibility index (Phi) is 19.9. The molecule has 0 saturated carbocycles. The number of aliphatic carboxylic acids is 1. The minimum atomic E-state index is -3.09.